The Morgan fingerprint density at radius 1 is 1.50 bits per heavy atom. The summed E-state index contributed by atoms with van der Waals surface area (Å²) in [7, 11) is 0. The number of rotatable bonds is 3. The molecule has 1 rings (SSSR count). The number of nitrogens with two attached hydrogens (primary N) is 1. The first-order chi connectivity index (χ1) is 6.65. The number of carbonyl (C=O) groups is 1. The fourth-order valence-electron chi connectivity index (χ4n) is 1.12. The quantitative estimate of drug-likeness (QED) is 0.657. The second-order valence-corrected chi connectivity index (χ2v) is 2.96. The monoisotopic (exact) mass is 194 g/mol. The summed E-state index contributed by atoms with van der Waals surface area (Å²) in [5.74, 6) is -0.0463. The summed E-state index contributed by atoms with van der Waals surface area (Å²) < 4.78 is 0. The van der Waals surface area contributed by atoms with Crippen molar-refractivity contribution < 1.29 is 9.90 Å². The van der Waals surface area contributed by atoms with Gasteiger partial charge in [-0.05, 0) is 24.6 Å². The topological polar surface area (TPSA) is 75.4 Å². The molecule has 1 aromatic carbocycles. The molecule has 0 unspecified atom stereocenters. The Hall–Kier alpha value is -1.55. The largest absolute Gasteiger partial charge is 0.508 e. The van der Waals surface area contributed by atoms with E-state index in [1.54, 1.807) is 12.1 Å². The number of nitrogens with one attached hydrogen (secondary N) is 1. The third-order valence-electron chi connectivity index (χ3n) is 1.89. The van der Waals surface area contributed by atoms with E-state index in [1.807, 2.05) is 6.92 Å². The van der Waals surface area contributed by atoms with Gasteiger partial charge in [-0.3, -0.25) is 4.79 Å². The van der Waals surface area contributed by atoms with Gasteiger partial charge in [-0.1, -0.05) is 12.1 Å². The number of carbonyl (C=O) groups excluding carboxylic acids is 1. The zero-order valence-electron chi connectivity index (χ0n) is 8.03. The van der Waals surface area contributed by atoms with Crippen molar-refractivity contribution in [1.29, 1.82) is 0 Å². The Bertz CT molecular complexity index is 308. The van der Waals surface area contributed by atoms with Gasteiger partial charge in [-0.25, -0.2) is 0 Å². The molecule has 4 N–H and O–H groups in total. The van der Waals surface area contributed by atoms with E-state index in [0.29, 0.717) is 12.1 Å². The van der Waals surface area contributed by atoms with Crippen LogP contribution in [0, 0.1) is 0 Å². The number of phenols is 1. The lowest BCUT2D eigenvalue weighted by Crippen LogP contribution is -2.33. The summed E-state index contributed by atoms with van der Waals surface area (Å²) in [6.45, 7) is 2.39. The first-order valence-corrected chi connectivity index (χ1v) is 4.47. The Kier molecular flexibility index (Phi) is 3.48. The smallest absolute Gasteiger partial charge is 0.241 e. The molecule has 0 saturated carbocycles. The van der Waals surface area contributed by atoms with Crippen LogP contribution in [0.25, 0.3) is 0 Å². The number of hydrogen-bond donors (Lipinski definition) is 3. The van der Waals surface area contributed by atoms with Gasteiger partial charge in [0.25, 0.3) is 0 Å². The maximum Gasteiger partial charge on any atom is 0.241 e. The summed E-state index contributed by atoms with van der Waals surface area (Å²) >= 11 is 0. The van der Waals surface area contributed by atoms with E-state index in [1.165, 1.54) is 12.1 Å². The first-order valence-electron chi connectivity index (χ1n) is 4.47. The number of benzene rings is 1. The first kappa shape index (κ1) is 10.5. The minimum atomic E-state index is -0.671. The summed E-state index contributed by atoms with van der Waals surface area (Å²) in [5.41, 5.74) is 6.37. The minimum Gasteiger partial charge on any atom is -0.508 e. The normalized spacial score (nSPS) is 12.1. The highest BCUT2D eigenvalue weighted by molar-refractivity contribution is 5.82. The average molecular weight is 194 g/mol. The Balaban J connectivity index is 2.73. The molecule has 0 saturated heterocycles. The molecule has 1 aromatic rings. The van der Waals surface area contributed by atoms with Crippen molar-refractivity contribution in [3.05, 3.63) is 29.8 Å². The molecule has 76 valence electrons. The van der Waals surface area contributed by atoms with E-state index in [9.17, 15) is 4.79 Å². The van der Waals surface area contributed by atoms with Gasteiger partial charge in [0.1, 0.15) is 11.8 Å². The van der Waals surface area contributed by atoms with Crippen LogP contribution in [-0.2, 0) is 4.79 Å². The fraction of sp³-hybridized carbons (Fsp3) is 0.300. The van der Waals surface area contributed by atoms with Crippen LogP contribution in [-0.4, -0.2) is 17.6 Å². The number of likely N-dealkylation sites (N-methyl/N-ethyl adjacent to an activating group) is 1. The van der Waals surface area contributed by atoms with Crippen molar-refractivity contribution in [2.75, 3.05) is 6.54 Å². The summed E-state index contributed by atoms with van der Waals surface area (Å²) in [6.07, 6.45) is 0. The molecule has 0 heterocycles. The van der Waals surface area contributed by atoms with Crippen LogP contribution in [0.5, 0.6) is 5.75 Å². The van der Waals surface area contributed by atoms with Crippen molar-refractivity contribution in [3.8, 4) is 5.75 Å². The van der Waals surface area contributed by atoms with E-state index in [4.69, 9.17) is 10.8 Å². The molecular weight excluding hydrogens is 180 g/mol. The van der Waals surface area contributed by atoms with Gasteiger partial charge in [0.05, 0.1) is 0 Å². The van der Waals surface area contributed by atoms with Crippen molar-refractivity contribution >= 4 is 5.91 Å². The van der Waals surface area contributed by atoms with Crippen LogP contribution in [0.1, 0.15) is 18.5 Å². The molecule has 4 nitrogen and oxygen atoms in total. The highest BCUT2D eigenvalue weighted by Crippen LogP contribution is 2.14. The molecular formula is C10H14N2O2. The predicted octanol–water partition coefficient (Wildman–Crippen LogP) is 0.528. The van der Waals surface area contributed by atoms with Gasteiger partial charge in [0, 0.05) is 6.54 Å². The number of aromatic hydroxyl groups is 1. The summed E-state index contributed by atoms with van der Waals surface area (Å²) in [5, 5.41) is 11.7. The fourth-order valence-corrected chi connectivity index (χ4v) is 1.12. The van der Waals surface area contributed by atoms with Crippen LogP contribution < -0.4 is 11.1 Å². The van der Waals surface area contributed by atoms with E-state index in [2.05, 4.69) is 5.32 Å². The van der Waals surface area contributed by atoms with Crippen LogP contribution in [0.15, 0.2) is 24.3 Å². The van der Waals surface area contributed by atoms with Crippen LogP contribution in [0.2, 0.25) is 0 Å². The molecule has 0 spiro atoms. The lowest BCUT2D eigenvalue weighted by atomic mass is 10.1. The van der Waals surface area contributed by atoms with E-state index in [0.717, 1.165) is 0 Å². The summed E-state index contributed by atoms with van der Waals surface area (Å²) in [4.78, 5) is 11.3. The lowest BCUT2D eigenvalue weighted by molar-refractivity contribution is -0.122. The molecule has 0 aliphatic rings. The number of hydrogen-bond acceptors (Lipinski definition) is 3. The molecule has 0 aliphatic heterocycles. The maximum absolute atomic E-state index is 11.3. The standard InChI is InChI=1S/C10H14N2O2/c1-2-12-10(14)9(11)7-3-5-8(13)6-4-7/h3-6,9,13H,2,11H2,1H3,(H,12,14)/t9-/m0/s1. The van der Waals surface area contributed by atoms with E-state index < -0.39 is 6.04 Å². The minimum absolute atomic E-state index is 0.164. The second kappa shape index (κ2) is 4.62. The van der Waals surface area contributed by atoms with Gasteiger partial charge in [-0.15, -0.1) is 0 Å². The zero-order chi connectivity index (χ0) is 10.6. The summed E-state index contributed by atoms with van der Waals surface area (Å²) in [6, 6.07) is 5.61. The third kappa shape index (κ3) is 2.47. The van der Waals surface area contributed by atoms with Crippen molar-refractivity contribution in [2.45, 2.75) is 13.0 Å². The van der Waals surface area contributed by atoms with Crippen molar-refractivity contribution in [2.24, 2.45) is 5.73 Å². The molecule has 0 radical (unpaired) electrons. The molecule has 1 atom stereocenters. The van der Waals surface area contributed by atoms with E-state index in [-0.39, 0.29) is 11.7 Å². The van der Waals surface area contributed by atoms with Crippen molar-refractivity contribution in [3.63, 3.8) is 0 Å². The van der Waals surface area contributed by atoms with Gasteiger partial charge in [-0.2, -0.15) is 0 Å². The Morgan fingerprint density at radius 3 is 2.57 bits per heavy atom. The molecule has 0 aliphatic carbocycles. The Labute approximate surface area is 82.7 Å². The van der Waals surface area contributed by atoms with Gasteiger partial charge in [0.15, 0.2) is 0 Å². The lowest BCUT2D eigenvalue weighted by Gasteiger charge is -2.11. The van der Waals surface area contributed by atoms with Gasteiger partial charge >= 0.3 is 0 Å². The van der Waals surface area contributed by atoms with E-state index >= 15 is 0 Å². The molecule has 14 heavy (non-hydrogen) atoms. The highest BCUT2D eigenvalue weighted by Gasteiger charge is 2.13. The van der Waals surface area contributed by atoms with Gasteiger partial charge < -0.3 is 16.2 Å². The third-order valence-corrected chi connectivity index (χ3v) is 1.89. The zero-order valence-corrected chi connectivity index (χ0v) is 8.03. The number of amides is 1. The molecule has 0 fully saturated rings. The van der Waals surface area contributed by atoms with Crippen LogP contribution in [0.4, 0.5) is 0 Å². The van der Waals surface area contributed by atoms with Gasteiger partial charge in [0.2, 0.25) is 5.91 Å². The average Bonchev–Trinajstić information content (AvgIpc) is 2.18. The van der Waals surface area contributed by atoms with Crippen LogP contribution >= 0.6 is 0 Å². The highest BCUT2D eigenvalue weighted by atomic mass is 16.3. The molecule has 4 heteroatoms. The maximum atomic E-state index is 11.3. The Morgan fingerprint density at radius 2 is 2.07 bits per heavy atom. The predicted molar refractivity (Wildman–Crippen MR) is 53.7 cm³/mol. The number of phenolic OH excluding ortho intramolecular Hbond substituents is 1. The van der Waals surface area contributed by atoms with Crippen molar-refractivity contribution in [1.82, 2.24) is 5.32 Å². The molecule has 0 bridgehead atoms. The van der Waals surface area contributed by atoms with Crippen LogP contribution in [0.3, 0.4) is 0 Å². The molecule has 0 aromatic heterocycles. The molecule has 1 amide bonds. The SMILES string of the molecule is CCNC(=O)[C@@H](N)c1ccc(O)cc1. The second-order valence-electron chi connectivity index (χ2n) is 2.96.